The summed E-state index contributed by atoms with van der Waals surface area (Å²) in [6.07, 6.45) is 6.72. The van der Waals surface area contributed by atoms with Crippen molar-refractivity contribution in [3.63, 3.8) is 0 Å². The van der Waals surface area contributed by atoms with Gasteiger partial charge in [-0.2, -0.15) is 0 Å². The van der Waals surface area contributed by atoms with Crippen LogP contribution in [0.15, 0.2) is 24.2 Å². The summed E-state index contributed by atoms with van der Waals surface area (Å²) in [6.45, 7) is 4.44. The predicted octanol–water partition coefficient (Wildman–Crippen LogP) is 1.26. The summed E-state index contributed by atoms with van der Waals surface area (Å²) in [5, 5.41) is 10.9. The van der Waals surface area contributed by atoms with Crippen LogP contribution in [0.2, 0.25) is 0 Å². The van der Waals surface area contributed by atoms with Crippen LogP contribution in [0, 0.1) is 5.92 Å². The molecule has 3 heterocycles. The molecule has 0 aromatic carbocycles. The number of aromatic nitrogens is 4. The van der Waals surface area contributed by atoms with Gasteiger partial charge in [0.15, 0.2) is 0 Å². The molecule has 0 bridgehead atoms. The lowest BCUT2D eigenvalue weighted by molar-refractivity contribution is -0.117. The molecule has 2 aromatic heterocycles. The Morgan fingerprint density at radius 2 is 2.48 bits per heavy atom. The Balaban J connectivity index is 1.57. The number of carbonyl (C=O) groups is 1. The number of hydrogen-bond acceptors (Lipinski definition) is 6. The molecule has 0 spiro atoms. The van der Waals surface area contributed by atoms with E-state index in [0.29, 0.717) is 23.6 Å². The van der Waals surface area contributed by atoms with E-state index in [4.69, 9.17) is 0 Å². The van der Waals surface area contributed by atoms with Gasteiger partial charge in [-0.05, 0) is 18.9 Å². The van der Waals surface area contributed by atoms with Crippen LogP contribution in [0.1, 0.15) is 19.4 Å². The third-order valence-electron chi connectivity index (χ3n) is 3.88. The summed E-state index contributed by atoms with van der Waals surface area (Å²) < 4.78 is 2.14. The highest BCUT2D eigenvalue weighted by Gasteiger charge is 2.28. The van der Waals surface area contributed by atoms with Gasteiger partial charge in [0.05, 0.1) is 12.9 Å². The number of nitrogens with zero attached hydrogens (tertiary/aromatic N) is 5. The van der Waals surface area contributed by atoms with Gasteiger partial charge in [-0.15, -0.1) is 10.2 Å². The molecule has 2 atom stereocenters. The van der Waals surface area contributed by atoms with Crippen LogP contribution < -0.4 is 5.32 Å². The summed E-state index contributed by atoms with van der Waals surface area (Å²) in [5.74, 6) is 0.548. The first-order valence-electron chi connectivity index (χ1n) is 6.98. The molecule has 112 valence electrons. The normalized spacial score (nSPS) is 23.1. The molecule has 3 rings (SSSR count). The second kappa shape index (κ2) is 6.31. The van der Waals surface area contributed by atoms with Crippen LogP contribution >= 0.6 is 11.3 Å². The van der Waals surface area contributed by atoms with E-state index >= 15 is 0 Å². The molecule has 0 unspecified atom stereocenters. The third-order valence-corrected chi connectivity index (χ3v) is 4.49. The average Bonchev–Trinajstić information content (AvgIpc) is 3.13. The van der Waals surface area contributed by atoms with Crippen molar-refractivity contribution in [1.82, 2.24) is 24.6 Å². The van der Waals surface area contributed by atoms with Gasteiger partial charge < -0.3 is 4.57 Å². The summed E-state index contributed by atoms with van der Waals surface area (Å²) >= 11 is 1.33. The quantitative estimate of drug-likeness (QED) is 0.920. The van der Waals surface area contributed by atoms with Gasteiger partial charge in [0.25, 0.3) is 0 Å². The van der Waals surface area contributed by atoms with Crippen molar-refractivity contribution in [2.45, 2.75) is 19.4 Å². The zero-order chi connectivity index (χ0) is 14.7. The monoisotopic (exact) mass is 306 g/mol. The number of likely N-dealkylation sites (tertiary alicyclic amines) is 1. The van der Waals surface area contributed by atoms with Crippen LogP contribution in [0.5, 0.6) is 0 Å². The number of rotatable bonds is 4. The van der Waals surface area contributed by atoms with Crippen molar-refractivity contribution < 1.29 is 4.79 Å². The molecule has 2 aromatic rings. The Hall–Kier alpha value is -1.80. The smallest absolute Gasteiger partial charge is 0.240 e. The van der Waals surface area contributed by atoms with Gasteiger partial charge in [0.2, 0.25) is 11.0 Å². The highest BCUT2D eigenvalue weighted by molar-refractivity contribution is 7.13. The minimum Gasteiger partial charge on any atom is -0.333 e. The first kappa shape index (κ1) is 14.2. The maximum atomic E-state index is 12.0. The minimum atomic E-state index is -0.0364. The fraction of sp³-hybridized carbons (Fsp3) is 0.538. The van der Waals surface area contributed by atoms with Crippen LogP contribution in [-0.4, -0.2) is 50.2 Å². The number of nitrogens with one attached hydrogen (secondary N) is 1. The Labute approximate surface area is 127 Å². The molecule has 7 nitrogen and oxygen atoms in total. The average molecular weight is 306 g/mol. The lowest BCUT2D eigenvalue weighted by Crippen LogP contribution is -2.43. The first-order chi connectivity index (χ1) is 10.2. The third kappa shape index (κ3) is 3.45. The summed E-state index contributed by atoms with van der Waals surface area (Å²) in [6, 6.07) is 0.371. The topological polar surface area (TPSA) is 75.9 Å². The van der Waals surface area contributed by atoms with Crippen molar-refractivity contribution in [1.29, 1.82) is 0 Å². The van der Waals surface area contributed by atoms with Crippen LogP contribution in [-0.2, 0) is 4.79 Å². The number of imidazole rings is 1. The van der Waals surface area contributed by atoms with E-state index in [1.54, 1.807) is 11.7 Å². The molecule has 1 fully saturated rings. The van der Waals surface area contributed by atoms with Gasteiger partial charge in [0, 0.05) is 25.0 Å². The molecule has 1 saturated heterocycles. The molecule has 0 saturated carbocycles. The molecule has 21 heavy (non-hydrogen) atoms. The molecule has 0 aliphatic carbocycles. The summed E-state index contributed by atoms with van der Waals surface area (Å²) in [4.78, 5) is 18.3. The van der Waals surface area contributed by atoms with E-state index in [2.05, 4.69) is 36.9 Å². The molecule has 0 radical (unpaired) electrons. The minimum absolute atomic E-state index is 0.0364. The Morgan fingerprint density at radius 1 is 1.57 bits per heavy atom. The predicted molar refractivity (Wildman–Crippen MR) is 80.0 cm³/mol. The second-order valence-electron chi connectivity index (χ2n) is 5.37. The number of carbonyl (C=O) groups excluding carboxylic acids is 1. The van der Waals surface area contributed by atoms with Crippen LogP contribution in [0.3, 0.4) is 0 Å². The highest BCUT2D eigenvalue weighted by Crippen LogP contribution is 2.27. The van der Waals surface area contributed by atoms with E-state index in [1.807, 2.05) is 12.5 Å². The van der Waals surface area contributed by atoms with E-state index < -0.39 is 0 Å². The van der Waals surface area contributed by atoms with Crippen molar-refractivity contribution in [3.05, 3.63) is 24.2 Å². The van der Waals surface area contributed by atoms with Gasteiger partial charge in [-0.3, -0.25) is 15.0 Å². The fourth-order valence-corrected chi connectivity index (χ4v) is 3.16. The van der Waals surface area contributed by atoms with Crippen molar-refractivity contribution in [3.8, 4) is 0 Å². The SMILES string of the molecule is C[C@@H]1CCN(CC(=O)Nc2nncs2)C[C@H]1n1ccnc1. The van der Waals surface area contributed by atoms with Crippen molar-refractivity contribution in [2.24, 2.45) is 5.92 Å². The molecular weight excluding hydrogens is 288 g/mol. The van der Waals surface area contributed by atoms with E-state index in [9.17, 15) is 4.79 Å². The van der Waals surface area contributed by atoms with Gasteiger partial charge >= 0.3 is 0 Å². The molecule has 1 amide bonds. The maximum absolute atomic E-state index is 12.0. The van der Waals surface area contributed by atoms with Gasteiger partial charge in [0.1, 0.15) is 5.51 Å². The number of piperidine rings is 1. The van der Waals surface area contributed by atoms with E-state index in [0.717, 1.165) is 19.5 Å². The second-order valence-corrected chi connectivity index (χ2v) is 6.20. The molecular formula is C13H18N6OS. The van der Waals surface area contributed by atoms with E-state index in [-0.39, 0.29) is 5.91 Å². The van der Waals surface area contributed by atoms with Crippen LogP contribution in [0.4, 0.5) is 5.13 Å². The van der Waals surface area contributed by atoms with Gasteiger partial charge in [-0.25, -0.2) is 4.98 Å². The molecule has 8 heteroatoms. The van der Waals surface area contributed by atoms with Crippen molar-refractivity contribution >= 4 is 22.4 Å². The Kier molecular flexibility index (Phi) is 4.26. The number of hydrogen-bond donors (Lipinski definition) is 1. The number of anilines is 1. The lowest BCUT2D eigenvalue weighted by atomic mass is 9.93. The standard InChI is InChI=1S/C13H18N6OS/c1-10-2-4-18(6-11(10)19-5-3-14-8-19)7-12(20)16-13-17-15-9-21-13/h3,5,8-11H,2,4,6-7H2,1H3,(H,16,17,20)/t10-,11-/m1/s1. The zero-order valence-electron chi connectivity index (χ0n) is 11.8. The van der Waals surface area contributed by atoms with Gasteiger partial charge in [-0.1, -0.05) is 18.3 Å². The summed E-state index contributed by atoms with van der Waals surface area (Å²) in [5.41, 5.74) is 1.60. The highest BCUT2D eigenvalue weighted by atomic mass is 32.1. The van der Waals surface area contributed by atoms with Crippen molar-refractivity contribution in [2.75, 3.05) is 25.0 Å². The maximum Gasteiger partial charge on any atom is 0.240 e. The summed E-state index contributed by atoms with van der Waals surface area (Å²) in [7, 11) is 0. The Bertz CT molecular complexity index is 570. The molecule has 1 aliphatic heterocycles. The zero-order valence-corrected chi connectivity index (χ0v) is 12.7. The first-order valence-corrected chi connectivity index (χ1v) is 7.86. The number of amides is 1. The Morgan fingerprint density at radius 3 is 3.19 bits per heavy atom. The molecule has 1 aliphatic rings. The van der Waals surface area contributed by atoms with Crippen LogP contribution in [0.25, 0.3) is 0 Å². The van der Waals surface area contributed by atoms with E-state index in [1.165, 1.54) is 11.3 Å². The lowest BCUT2D eigenvalue weighted by Gasteiger charge is -2.37. The fourth-order valence-electron chi connectivity index (χ4n) is 2.70. The largest absolute Gasteiger partial charge is 0.333 e. The molecule has 1 N–H and O–H groups in total.